The third-order valence-corrected chi connectivity index (χ3v) is 5.78. The van der Waals surface area contributed by atoms with Crippen molar-refractivity contribution >= 4 is 40.9 Å². The van der Waals surface area contributed by atoms with Gasteiger partial charge in [-0.25, -0.2) is 0 Å². The number of methoxy groups -OCH3 is 2. The zero-order chi connectivity index (χ0) is 23.1. The van der Waals surface area contributed by atoms with Crippen LogP contribution in [0.2, 0.25) is 10.0 Å². The van der Waals surface area contributed by atoms with Crippen LogP contribution in [-0.2, 0) is 4.79 Å². The second kappa shape index (κ2) is 11.1. The summed E-state index contributed by atoms with van der Waals surface area (Å²) in [7, 11) is 3.09. The van der Waals surface area contributed by atoms with Crippen molar-refractivity contribution in [2.24, 2.45) is 0 Å². The number of ether oxygens (including phenoxy) is 2. The molecule has 1 aromatic heterocycles. The Morgan fingerprint density at radius 3 is 2.59 bits per heavy atom. The van der Waals surface area contributed by atoms with Gasteiger partial charge in [-0.2, -0.15) is 5.26 Å². The lowest BCUT2D eigenvalue weighted by Crippen LogP contribution is -2.26. The second-order valence-corrected chi connectivity index (χ2v) is 8.14. The number of hydrogen-bond donors (Lipinski definition) is 1. The molecule has 0 atom stereocenters. The number of hydrogen-bond acceptors (Lipinski definition) is 7. The fraction of sp³-hybridized carbons (Fsp3) is 0.238. The van der Waals surface area contributed by atoms with Crippen molar-refractivity contribution in [1.29, 1.82) is 5.26 Å². The minimum atomic E-state index is -0.213. The number of rotatable bonds is 9. The van der Waals surface area contributed by atoms with E-state index in [0.717, 1.165) is 0 Å². The number of carbonyl (C=O) groups excluding carboxylic acids is 1. The highest BCUT2D eigenvalue weighted by Crippen LogP contribution is 2.36. The molecule has 1 N–H and O–H groups in total. The molecule has 3 rings (SSSR count). The summed E-state index contributed by atoms with van der Waals surface area (Å²) < 4.78 is 12.5. The Hall–Kier alpha value is -2.93. The number of carbonyl (C=O) groups is 1. The second-order valence-electron chi connectivity index (χ2n) is 6.35. The van der Waals surface area contributed by atoms with Crippen molar-refractivity contribution in [2.45, 2.75) is 11.6 Å². The van der Waals surface area contributed by atoms with Gasteiger partial charge in [-0.15, -0.1) is 10.2 Å². The smallest absolute Gasteiger partial charge is 0.230 e. The average molecular weight is 492 g/mol. The number of halogens is 2. The summed E-state index contributed by atoms with van der Waals surface area (Å²) >= 11 is 13.8. The molecule has 3 aromatic rings. The molecule has 0 fully saturated rings. The summed E-state index contributed by atoms with van der Waals surface area (Å²) in [5.74, 6) is 1.44. The molecular formula is C21H19Cl2N5O3S. The van der Waals surface area contributed by atoms with E-state index in [4.69, 9.17) is 37.9 Å². The SMILES string of the molecule is COc1ccc(-n2c(SCC(=O)NCCC#N)nnc2-c2cc(Cl)ccc2OC)cc1Cl. The zero-order valence-corrected chi connectivity index (χ0v) is 19.6. The van der Waals surface area contributed by atoms with Gasteiger partial charge in [0.25, 0.3) is 0 Å². The van der Waals surface area contributed by atoms with Crippen LogP contribution in [0.3, 0.4) is 0 Å². The number of aromatic nitrogens is 3. The van der Waals surface area contributed by atoms with Gasteiger partial charge in [-0.05, 0) is 36.4 Å². The van der Waals surface area contributed by atoms with E-state index < -0.39 is 0 Å². The summed E-state index contributed by atoms with van der Waals surface area (Å²) in [6.45, 7) is 0.293. The fourth-order valence-electron chi connectivity index (χ4n) is 2.86. The number of thioether (sulfide) groups is 1. The quantitative estimate of drug-likeness (QED) is 0.349. The number of nitriles is 1. The Bertz CT molecular complexity index is 1160. The normalized spacial score (nSPS) is 10.5. The van der Waals surface area contributed by atoms with Gasteiger partial charge in [-0.1, -0.05) is 35.0 Å². The third-order valence-electron chi connectivity index (χ3n) is 4.32. The van der Waals surface area contributed by atoms with Gasteiger partial charge in [0.1, 0.15) is 11.5 Å². The Balaban J connectivity index is 2.04. The molecule has 0 radical (unpaired) electrons. The molecule has 0 aliphatic heterocycles. The van der Waals surface area contributed by atoms with E-state index in [1.54, 1.807) is 42.0 Å². The van der Waals surface area contributed by atoms with Gasteiger partial charge in [0.15, 0.2) is 11.0 Å². The van der Waals surface area contributed by atoms with Gasteiger partial charge in [0.05, 0.1) is 48.7 Å². The molecule has 1 heterocycles. The van der Waals surface area contributed by atoms with Gasteiger partial charge < -0.3 is 14.8 Å². The Kier molecular flexibility index (Phi) is 8.22. The molecule has 0 aliphatic carbocycles. The molecule has 0 saturated heterocycles. The van der Waals surface area contributed by atoms with E-state index in [2.05, 4.69) is 15.5 Å². The minimum absolute atomic E-state index is 0.0974. The highest BCUT2D eigenvalue weighted by atomic mass is 35.5. The van der Waals surface area contributed by atoms with Crippen molar-refractivity contribution in [2.75, 3.05) is 26.5 Å². The molecule has 0 spiro atoms. The summed E-state index contributed by atoms with van der Waals surface area (Å²) in [5, 5.41) is 21.3. The summed E-state index contributed by atoms with van der Waals surface area (Å²) in [6.07, 6.45) is 0.246. The van der Waals surface area contributed by atoms with Crippen molar-refractivity contribution in [3.63, 3.8) is 0 Å². The maximum atomic E-state index is 12.1. The topological polar surface area (TPSA) is 102 Å². The highest BCUT2D eigenvalue weighted by Gasteiger charge is 2.21. The standard InChI is InChI=1S/C21H19Cl2N5O3S/c1-30-17-6-4-13(22)10-15(17)20-26-27-21(32-12-19(29)25-9-3-8-24)28(20)14-5-7-18(31-2)16(23)11-14/h4-7,10-11H,3,9,12H2,1-2H3,(H,25,29). The molecule has 11 heteroatoms. The zero-order valence-electron chi connectivity index (χ0n) is 17.3. The van der Waals surface area contributed by atoms with Gasteiger partial charge in [-0.3, -0.25) is 9.36 Å². The minimum Gasteiger partial charge on any atom is -0.496 e. The number of benzene rings is 2. The summed E-state index contributed by atoms with van der Waals surface area (Å²) in [6, 6.07) is 12.4. The van der Waals surface area contributed by atoms with Crippen LogP contribution in [0.5, 0.6) is 11.5 Å². The Morgan fingerprint density at radius 2 is 1.91 bits per heavy atom. The lowest BCUT2D eigenvalue weighted by Gasteiger charge is -2.14. The summed E-state index contributed by atoms with van der Waals surface area (Å²) in [5.41, 5.74) is 1.30. The highest BCUT2D eigenvalue weighted by molar-refractivity contribution is 7.99. The third kappa shape index (κ3) is 5.46. The van der Waals surface area contributed by atoms with E-state index in [1.807, 2.05) is 12.1 Å². The predicted molar refractivity (Wildman–Crippen MR) is 124 cm³/mol. The average Bonchev–Trinajstić information content (AvgIpc) is 3.21. The van der Waals surface area contributed by atoms with Crippen LogP contribution in [0.1, 0.15) is 6.42 Å². The van der Waals surface area contributed by atoms with E-state index >= 15 is 0 Å². The van der Waals surface area contributed by atoms with Crippen LogP contribution in [-0.4, -0.2) is 47.2 Å². The monoisotopic (exact) mass is 491 g/mol. The van der Waals surface area contributed by atoms with Crippen LogP contribution in [0.4, 0.5) is 0 Å². The molecule has 0 aliphatic rings. The van der Waals surface area contributed by atoms with E-state index in [0.29, 0.717) is 50.3 Å². The molecule has 0 unspecified atom stereocenters. The Morgan fingerprint density at radius 1 is 1.16 bits per heavy atom. The number of amides is 1. The Labute approximate surface area is 199 Å². The molecule has 2 aromatic carbocycles. The molecule has 8 nitrogen and oxygen atoms in total. The van der Waals surface area contributed by atoms with Crippen LogP contribution in [0.25, 0.3) is 17.1 Å². The van der Waals surface area contributed by atoms with Crippen molar-refractivity contribution in [1.82, 2.24) is 20.1 Å². The largest absolute Gasteiger partial charge is 0.496 e. The van der Waals surface area contributed by atoms with Crippen LogP contribution in [0.15, 0.2) is 41.6 Å². The van der Waals surface area contributed by atoms with Gasteiger partial charge in [0, 0.05) is 11.6 Å². The molecule has 0 saturated carbocycles. The van der Waals surface area contributed by atoms with Crippen LogP contribution in [0, 0.1) is 11.3 Å². The van der Waals surface area contributed by atoms with E-state index in [-0.39, 0.29) is 18.1 Å². The number of nitrogens with zero attached hydrogens (tertiary/aromatic N) is 4. The molecule has 1 amide bonds. The fourth-order valence-corrected chi connectivity index (χ4v) is 4.06. The first-order valence-electron chi connectivity index (χ1n) is 9.38. The van der Waals surface area contributed by atoms with Gasteiger partial charge >= 0.3 is 0 Å². The van der Waals surface area contributed by atoms with E-state index in [9.17, 15) is 4.79 Å². The lowest BCUT2D eigenvalue weighted by atomic mass is 10.2. The summed E-state index contributed by atoms with van der Waals surface area (Å²) in [4.78, 5) is 12.1. The van der Waals surface area contributed by atoms with Crippen LogP contribution >= 0.6 is 35.0 Å². The maximum absolute atomic E-state index is 12.1. The first-order chi connectivity index (χ1) is 15.5. The van der Waals surface area contributed by atoms with Crippen LogP contribution < -0.4 is 14.8 Å². The first kappa shape index (κ1) is 23.7. The molecular weight excluding hydrogens is 473 g/mol. The van der Waals surface area contributed by atoms with E-state index in [1.165, 1.54) is 18.9 Å². The maximum Gasteiger partial charge on any atom is 0.230 e. The van der Waals surface area contributed by atoms with Crippen molar-refractivity contribution in [3.8, 4) is 34.6 Å². The molecule has 32 heavy (non-hydrogen) atoms. The van der Waals surface area contributed by atoms with Crippen molar-refractivity contribution in [3.05, 3.63) is 46.4 Å². The molecule has 166 valence electrons. The molecule has 0 bridgehead atoms. The lowest BCUT2D eigenvalue weighted by molar-refractivity contribution is -0.118. The predicted octanol–water partition coefficient (Wildman–Crippen LogP) is 4.38. The van der Waals surface area contributed by atoms with Gasteiger partial charge in [0.2, 0.25) is 5.91 Å². The number of nitrogens with one attached hydrogen (secondary N) is 1. The van der Waals surface area contributed by atoms with Crippen molar-refractivity contribution < 1.29 is 14.3 Å². The first-order valence-corrected chi connectivity index (χ1v) is 11.1.